The molecule has 0 atom stereocenters. The third-order valence-corrected chi connectivity index (χ3v) is 1.78. The SMILES string of the molecule is CCCCCCC(=O)CON=C(C)C. The summed E-state index contributed by atoms with van der Waals surface area (Å²) in [6.45, 7) is 5.96. The van der Waals surface area contributed by atoms with Crippen molar-refractivity contribution in [1.29, 1.82) is 0 Å². The van der Waals surface area contributed by atoms with Crippen molar-refractivity contribution in [2.45, 2.75) is 52.9 Å². The van der Waals surface area contributed by atoms with E-state index in [1.54, 1.807) is 0 Å². The number of ketones is 1. The summed E-state index contributed by atoms with van der Waals surface area (Å²) >= 11 is 0. The fourth-order valence-electron chi connectivity index (χ4n) is 1.05. The van der Waals surface area contributed by atoms with Gasteiger partial charge >= 0.3 is 0 Å². The fourth-order valence-corrected chi connectivity index (χ4v) is 1.05. The molecule has 0 heterocycles. The minimum absolute atomic E-state index is 0.122. The third-order valence-electron chi connectivity index (χ3n) is 1.78. The summed E-state index contributed by atoms with van der Waals surface area (Å²) in [5, 5.41) is 3.70. The fraction of sp³-hybridized carbons (Fsp3) is 0.818. The van der Waals surface area contributed by atoms with Crippen LogP contribution in [0, 0.1) is 0 Å². The average molecular weight is 199 g/mol. The van der Waals surface area contributed by atoms with E-state index in [0.717, 1.165) is 18.6 Å². The number of carbonyl (C=O) groups excluding carboxylic acids is 1. The van der Waals surface area contributed by atoms with Crippen LogP contribution in [0.5, 0.6) is 0 Å². The van der Waals surface area contributed by atoms with E-state index in [9.17, 15) is 4.79 Å². The zero-order valence-corrected chi connectivity index (χ0v) is 9.51. The molecule has 0 radical (unpaired) electrons. The van der Waals surface area contributed by atoms with E-state index < -0.39 is 0 Å². The van der Waals surface area contributed by atoms with Crippen molar-refractivity contribution < 1.29 is 9.63 Å². The van der Waals surface area contributed by atoms with E-state index in [-0.39, 0.29) is 12.4 Å². The molecule has 0 aromatic carbocycles. The highest BCUT2D eigenvalue weighted by Gasteiger charge is 2.01. The molecule has 0 amide bonds. The highest BCUT2D eigenvalue weighted by Crippen LogP contribution is 2.02. The lowest BCUT2D eigenvalue weighted by Gasteiger charge is -2.00. The van der Waals surface area contributed by atoms with Gasteiger partial charge in [0.25, 0.3) is 0 Å². The molecule has 0 fully saturated rings. The lowest BCUT2D eigenvalue weighted by molar-refractivity contribution is -0.123. The van der Waals surface area contributed by atoms with Gasteiger partial charge in [-0.2, -0.15) is 0 Å². The van der Waals surface area contributed by atoms with Gasteiger partial charge in [-0.1, -0.05) is 31.3 Å². The second kappa shape index (κ2) is 8.73. The van der Waals surface area contributed by atoms with Crippen LogP contribution in [0.3, 0.4) is 0 Å². The molecule has 0 spiro atoms. The molecular weight excluding hydrogens is 178 g/mol. The number of oxime groups is 1. The Labute approximate surface area is 86.5 Å². The molecule has 0 rings (SSSR count). The number of unbranched alkanes of at least 4 members (excludes halogenated alkanes) is 3. The predicted molar refractivity (Wildman–Crippen MR) is 58.5 cm³/mol. The van der Waals surface area contributed by atoms with Gasteiger partial charge in [0.15, 0.2) is 12.4 Å². The Bertz CT molecular complexity index is 184. The summed E-state index contributed by atoms with van der Waals surface area (Å²) in [7, 11) is 0. The monoisotopic (exact) mass is 199 g/mol. The van der Waals surface area contributed by atoms with E-state index >= 15 is 0 Å². The van der Waals surface area contributed by atoms with E-state index in [4.69, 9.17) is 4.84 Å². The summed E-state index contributed by atoms with van der Waals surface area (Å²) in [6, 6.07) is 0. The minimum Gasteiger partial charge on any atom is -0.388 e. The first-order chi connectivity index (χ1) is 6.66. The summed E-state index contributed by atoms with van der Waals surface area (Å²) in [4.78, 5) is 16.0. The molecule has 0 aromatic heterocycles. The van der Waals surface area contributed by atoms with E-state index in [1.807, 2.05) is 13.8 Å². The molecule has 3 heteroatoms. The Kier molecular flexibility index (Phi) is 8.19. The van der Waals surface area contributed by atoms with Crippen LogP contribution < -0.4 is 0 Å². The van der Waals surface area contributed by atoms with Crippen LogP contribution in [0.25, 0.3) is 0 Å². The third kappa shape index (κ3) is 9.23. The van der Waals surface area contributed by atoms with Crippen molar-refractivity contribution in [1.82, 2.24) is 0 Å². The lowest BCUT2D eigenvalue weighted by atomic mass is 10.1. The van der Waals surface area contributed by atoms with Crippen LogP contribution in [0.4, 0.5) is 0 Å². The summed E-state index contributed by atoms with van der Waals surface area (Å²) in [5.74, 6) is 0.145. The summed E-state index contributed by atoms with van der Waals surface area (Å²) in [5.41, 5.74) is 0.837. The molecule has 0 aromatic rings. The molecule has 0 unspecified atom stereocenters. The molecule has 3 nitrogen and oxygen atoms in total. The number of Topliss-reactive ketones (excluding diaryl/α,β-unsaturated/α-hetero) is 1. The standard InChI is InChI=1S/C11H21NO2/c1-4-5-6-7-8-11(13)9-14-12-10(2)3/h4-9H2,1-3H3. The van der Waals surface area contributed by atoms with Gasteiger partial charge in [-0.15, -0.1) is 0 Å². The van der Waals surface area contributed by atoms with E-state index in [1.165, 1.54) is 12.8 Å². The van der Waals surface area contributed by atoms with Crippen LogP contribution in [0.15, 0.2) is 5.16 Å². The molecular formula is C11H21NO2. The smallest absolute Gasteiger partial charge is 0.175 e. The van der Waals surface area contributed by atoms with Gasteiger partial charge in [-0.05, 0) is 20.3 Å². The molecule has 0 saturated heterocycles. The normalized spacial score (nSPS) is 9.64. The molecule has 14 heavy (non-hydrogen) atoms. The Morgan fingerprint density at radius 2 is 1.93 bits per heavy atom. The number of hydrogen-bond acceptors (Lipinski definition) is 3. The maximum absolute atomic E-state index is 11.2. The van der Waals surface area contributed by atoms with Crippen molar-refractivity contribution in [3.8, 4) is 0 Å². The van der Waals surface area contributed by atoms with Crippen molar-refractivity contribution in [3.63, 3.8) is 0 Å². The molecule has 82 valence electrons. The second-order valence-corrected chi connectivity index (χ2v) is 3.66. The molecule has 0 bridgehead atoms. The first kappa shape index (κ1) is 13.1. The van der Waals surface area contributed by atoms with Gasteiger partial charge < -0.3 is 4.84 Å². The topological polar surface area (TPSA) is 38.7 Å². The van der Waals surface area contributed by atoms with Crippen molar-refractivity contribution in [3.05, 3.63) is 0 Å². The van der Waals surface area contributed by atoms with E-state index in [2.05, 4.69) is 12.1 Å². The van der Waals surface area contributed by atoms with Crippen molar-refractivity contribution >= 4 is 11.5 Å². The highest BCUT2D eigenvalue weighted by atomic mass is 16.6. The summed E-state index contributed by atoms with van der Waals surface area (Å²) in [6.07, 6.45) is 5.14. The molecule has 0 aliphatic carbocycles. The predicted octanol–water partition coefficient (Wildman–Crippen LogP) is 2.94. The molecule has 0 aliphatic rings. The Balaban J connectivity index is 3.33. The average Bonchev–Trinajstić information content (AvgIpc) is 2.12. The number of rotatable bonds is 8. The first-order valence-electron chi connectivity index (χ1n) is 5.31. The van der Waals surface area contributed by atoms with Gasteiger partial charge in [0.2, 0.25) is 0 Å². The molecule has 0 saturated carbocycles. The van der Waals surface area contributed by atoms with Gasteiger partial charge in [0.1, 0.15) is 0 Å². The number of hydrogen-bond donors (Lipinski definition) is 0. The number of nitrogens with zero attached hydrogens (tertiary/aromatic N) is 1. The zero-order chi connectivity index (χ0) is 10.8. The van der Waals surface area contributed by atoms with Crippen molar-refractivity contribution in [2.75, 3.05) is 6.61 Å². The van der Waals surface area contributed by atoms with E-state index in [0.29, 0.717) is 6.42 Å². The van der Waals surface area contributed by atoms with Crippen molar-refractivity contribution in [2.24, 2.45) is 5.16 Å². The zero-order valence-electron chi connectivity index (χ0n) is 9.51. The maximum atomic E-state index is 11.2. The van der Waals surface area contributed by atoms with Gasteiger partial charge in [-0.3, -0.25) is 4.79 Å². The second-order valence-electron chi connectivity index (χ2n) is 3.66. The Morgan fingerprint density at radius 1 is 1.21 bits per heavy atom. The highest BCUT2D eigenvalue weighted by molar-refractivity contribution is 5.80. The quantitative estimate of drug-likeness (QED) is 0.342. The van der Waals surface area contributed by atoms with Crippen LogP contribution in [-0.2, 0) is 9.63 Å². The maximum Gasteiger partial charge on any atom is 0.175 e. The first-order valence-corrected chi connectivity index (χ1v) is 5.31. The molecule has 0 aliphatic heterocycles. The van der Waals surface area contributed by atoms with Crippen LogP contribution >= 0.6 is 0 Å². The summed E-state index contributed by atoms with van der Waals surface area (Å²) < 4.78 is 0. The Morgan fingerprint density at radius 3 is 2.50 bits per heavy atom. The number of carbonyl (C=O) groups is 1. The lowest BCUT2D eigenvalue weighted by Crippen LogP contribution is -2.06. The van der Waals surface area contributed by atoms with Crippen LogP contribution in [0.2, 0.25) is 0 Å². The van der Waals surface area contributed by atoms with Crippen LogP contribution in [0.1, 0.15) is 52.9 Å². The van der Waals surface area contributed by atoms with Gasteiger partial charge in [-0.25, -0.2) is 0 Å². The van der Waals surface area contributed by atoms with Crippen LogP contribution in [-0.4, -0.2) is 18.1 Å². The largest absolute Gasteiger partial charge is 0.388 e. The van der Waals surface area contributed by atoms with Gasteiger partial charge in [0.05, 0.1) is 5.71 Å². The Hall–Kier alpha value is -0.860. The molecule has 0 N–H and O–H groups in total. The minimum atomic E-state index is 0.122. The van der Waals surface area contributed by atoms with Gasteiger partial charge in [0, 0.05) is 6.42 Å².